The number of nitrogens with zero attached hydrogens (tertiary/aromatic N) is 1. The van der Waals surface area contributed by atoms with Gasteiger partial charge in [0.15, 0.2) is 14.6 Å². The predicted molar refractivity (Wildman–Crippen MR) is 75.6 cm³/mol. The molecule has 0 aliphatic rings. The lowest BCUT2D eigenvalue weighted by Gasteiger charge is -2.28. The molecule has 0 aliphatic carbocycles. The molecule has 8 heteroatoms. The number of carbonyl (C=O) groups is 1. The van der Waals surface area contributed by atoms with Crippen molar-refractivity contribution in [3.8, 4) is 0 Å². The topological polar surface area (TPSA) is 104 Å². The van der Waals surface area contributed by atoms with E-state index in [4.69, 9.17) is 0 Å². The van der Waals surface area contributed by atoms with Crippen LogP contribution in [0.1, 0.15) is 26.7 Å². The van der Waals surface area contributed by atoms with Crippen molar-refractivity contribution < 1.29 is 22.9 Å². The second-order valence-corrected chi connectivity index (χ2v) is 6.71. The largest absolute Gasteiger partial charge is 0.468 e. The highest BCUT2D eigenvalue weighted by atomic mass is 32.2. The number of benzene rings is 1. The maximum Gasteiger partial charge on any atom is 0.327 e. The van der Waals surface area contributed by atoms with Gasteiger partial charge in [-0.2, -0.15) is 0 Å². The molecule has 0 saturated heterocycles. The SMILES string of the molecule is CCC(CC)(C(=O)OC)S(=O)(=O)c1ccc([N+](=O)[O-])cc1. The van der Waals surface area contributed by atoms with Gasteiger partial charge in [-0.3, -0.25) is 14.9 Å². The third-order valence-corrected chi connectivity index (χ3v) is 6.24. The molecule has 1 aromatic rings. The molecule has 0 aliphatic heterocycles. The minimum atomic E-state index is -4.01. The van der Waals surface area contributed by atoms with Gasteiger partial charge in [0.25, 0.3) is 5.69 Å². The van der Waals surface area contributed by atoms with Gasteiger partial charge < -0.3 is 4.74 Å². The number of ether oxygens (including phenoxy) is 1. The zero-order valence-electron chi connectivity index (χ0n) is 12.0. The van der Waals surface area contributed by atoms with Gasteiger partial charge in [-0.05, 0) is 25.0 Å². The van der Waals surface area contributed by atoms with Gasteiger partial charge in [0.1, 0.15) is 0 Å². The third kappa shape index (κ3) is 2.76. The van der Waals surface area contributed by atoms with Crippen LogP contribution in [0.5, 0.6) is 0 Å². The number of non-ortho nitro benzene ring substituents is 1. The molecule has 21 heavy (non-hydrogen) atoms. The lowest BCUT2D eigenvalue weighted by atomic mass is 10.0. The minimum absolute atomic E-state index is 0.0511. The molecule has 0 spiro atoms. The Hall–Kier alpha value is -1.96. The van der Waals surface area contributed by atoms with Crippen LogP contribution in [-0.2, 0) is 19.4 Å². The van der Waals surface area contributed by atoms with Crippen LogP contribution in [-0.4, -0.2) is 31.2 Å². The summed E-state index contributed by atoms with van der Waals surface area (Å²) in [4.78, 5) is 21.8. The van der Waals surface area contributed by atoms with Crippen LogP contribution in [0.2, 0.25) is 0 Å². The molecule has 0 amide bonds. The predicted octanol–water partition coefficient (Wildman–Crippen LogP) is 2.10. The summed E-state index contributed by atoms with van der Waals surface area (Å²) in [7, 11) is -2.88. The Morgan fingerprint density at radius 1 is 1.24 bits per heavy atom. The number of hydrogen-bond acceptors (Lipinski definition) is 6. The van der Waals surface area contributed by atoms with E-state index in [1.54, 1.807) is 13.8 Å². The number of nitro groups is 1. The van der Waals surface area contributed by atoms with Crippen molar-refractivity contribution in [1.82, 2.24) is 0 Å². The van der Waals surface area contributed by atoms with E-state index in [2.05, 4.69) is 4.74 Å². The summed E-state index contributed by atoms with van der Waals surface area (Å²) in [5.41, 5.74) is -0.217. The molecule has 0 bridgehead atoms. The summed E-state index contributed by atoms with van der Waals surface area (Å²) in [5.74, 6) is -0.828. The van der Waals surface area contributed by atoms with Crippen molar-refractivity contribution in [3.63, 3.8) is 0 Å². The molecule has 0 unspecified atom stereocenters. The highest BCUT2D eigenvalue weighted by Gasteiger charge is 2.49. The fraction of sp³-hybridized carbons (Fsp3) is 0.462. The highest BCUT2D eigenvalue weighted by Crippen LogP contribution is 2.34. The van der Waals surface area contributed by atoms with Crippen LogP contribution in [0.25, 0.3) is 0 Å². The maximum atomic E-state index is 12.7. The quantitative estimate of drug-likeness (QED) is 0.452. The fourth-order valence-electron chi connectivity index (χ4n) is 2.19. The van der Waals surface area contributed by atoms with Gasteiger partial charge in [-0.1, -0.05) is 13.8 Å². The fourth-order valence-corrected chi connectivity index (χ4v) is 4.20. The summed E-state index contributed by atoms with van der Waals surface area (Å²) in [6.07, 6.45) is 0.102. The van der Waals surface area contributed by atoms with Gasteiger partial charge in [0.05, 0.1) is 16.9 Å². The Labute approximate surface area is 123 Å². The first-order chi connectivity index (χ1) is 9.76. The number of sulfone groups is 1. The second-order valence-electron chi connectivity index (χ2n) is 4.45. The van der Waals surface area contributed by atoms with Gasteiger partial charge in [-0.15, -0.1) is 0 Å². The van der Waals surface area contributed by atoms with Gasteiger partial charge in [-0.25, -0.2) is 8.42 Å². The van der Waals surface area contributed by atoms with E-state index in [9.17, 15) is 23.3 Å². The first-order valence-electron chi connectivity index (χ1n) is 6.34. The first kappa shape index (κ1) is 17.1. The summed E-state index contributed by atoms with van der Waals surface area (Å²) in [6, 6.07) is 4.47. The van der Waals surface area contributed by atoms with Crippen molar-refractivity contribution in [2.75, 3.05) is 7.11 Å². The van der Waals surface area contributed by atoms with Crippen LogP contribution < -0.4 is 0 Å². The third-order valence-electron chi connectivity index (χ3n) is 3.57. The standard InChI is InChI=1S/C13H17NO6S/c1-4-13(5-2,12(15)20-3)21(18,19)11-8-6-10(7-9-11)14(16)17/h6-9H,4-5H2,1-3H3. The van der Waals surface area contributed by atoms with Crippen molar-refractivity contribution in [1.29, 1.82) is 0 Å². The summed E-state index contributed by atoms with van der Waals surface area (Å²) < 4.78 is 28.4. The van der Waals surface area contributed by atoms with E-state index in [-0.39, 0.29) is 23.4 Å². The number of nitro benzene ring substituents is 1. The molecule has 7 nitrogen and oxygen atoms in total. The summed E-state index contributed by atoms with van der Waals surface area (Å²) >= 11 is 0. The van der Waals surface area contributed by atoms with Crippen molar-refractivity contribution in [2.45, 2.75) is 36.3 Å². The monoisotopic (exact) mass is 315 g/mol. The molecule has 0 heterocycles. The van der Waals surface area contributed by atoms with E-state index < -0.39 is 25.5 Å². The highest BCUT2D eigenvalue weighted by molar-refractivity contribution is 7.93. The van der Waals surface area contributed by atoms with Crippen LogP contribution in [0, 0.1) is 10.1 Å². The van der Waals surface area contributed by atoms with Crippen molar-refractivity contribution in [2.24, 2.45) is 0 Å². The van der Waals surface area contributed by atoms with Gasteiger partial charge >= 0.3 is 5.97 Å². The van der Waals surface area contributed by atoms with Crippen molar-refractivity contribution in [3.05, 3.63) is 34.4 Å². The lowest BCUT2D eigenvalue weighted by molar-refractivity contribution is -0.384. The number of esters is 1. The maximum absolute atomic E-state index is 12.7. The molecule has 0 fully saturated rings. The van der Waals surface area contributed by atoms with E-state index in [0.29, 0.717) is 0 Å². The van der Waals surface area contributed by atoms with Gasteiger partial charge in [0, 0.05) is 12.1 Å². The van der Waals surface area contributed by atoms with E-state index in [0.717, 1.165) is 31.4 Å². The molecule has 116 valence electrons. The Bertz CT molecular complexity index is 631. The average Bonchev–Trinajstić information content (AvgIpc) is 2.48. The molecule has 0 aromatic heterocycles. The molecular weight excluding hydrogens is 298 g/mol. The Morgan fingerprint density at radius 3 is 2.05 bits per heavy atom. The molecule has 0 radical (unpaired) electrons. The minimum Gasteiger partial charge on any atom is -0.468 e. The molecule has 1 aromatic carbocycles. The Kier molecular flexibility index (Phi) is 5.06. The number of rotatable bonds is 6. The molecule has 0 saturated carbocycles. The zero-order chi connectivity index (χ0) is 16.3. The number of carbonyl (C=O) groups excluding carboxylic acids is 1. The lowest BCUT2D eigenvalue weighted by Crippen LogP contribution is -2.46. The van der Waals surface area contributed by atoms with Crippen LogP contribution in [0.3, 0.4) is 0 Å². The van der Waals surface area contributed by atoms with E-state index in [1.165, 1.54) is 0 Å². The average molecular weight is 315 g/mol. The molecule has 0 atom stereocenters. The number of hydrogen-bond donors (Lipinski definition) is 0. The molecule has 1 rings (SSSR count). The Balaban J connectivity index is 3.42. The Morgan fingerprint density at radius 2 is 1.71 bits per heavy atom. The molecular formula is C13H17NO6S. The molecule has 0 N–H and O–H groups in total. The summed E-state index contributed by atoms with van der Waals surface area (Å²) in [5, 5.41) is 10.6. The smallest absolute Gasteiger partial charge is 0.327 e. The van der Waals surface area contributed by atoms with Gasteiger partial charge in [0.2, 0.25) is 0 Å². The van der Waals surface area contributed by atoms with Crippen LogP contribution in [0.15, 0.2) is 29.2 Å². The summed E-state index contributed by atoms with van der Waals surface area (Å²) in [6.45, 7) is 3.17. The van der Waals surface area contributed by atoms with Crippen LogP contribution >= 0.6 is 0 Å². The van der Waals surface area contributed by atoms with E-state index in [1.807, 2.05) is 0 Å². The van der Waals surface area contributed by atoms with Crippen LogP contribution in [0.4, 0.5) is 5.69 Å². The van der Waals surface area contributed by atoms with E-state index >= 15 is 0 Å². The normalized spacial score (nSPS) is 12.0. The number of methoxy groups -OCH3 is 1. The second kappa shape index (κ2) is 6.21. The first-order valence-corrected chi connectivity index (χ1v) is 7.82. The van der Waals surface area contributed by atoms with Crippen molar-refractivity contribution >= 4 is 21.5 Å². The zero-order valence-corrected chi connectivity index (χ0v) is 12.8.